The zero-order chi connectivity index (χ0) is 15.3. The standard InChI is InChI=1S/C15H18F5N/c16-14(17)7-6-13-11(8-14)12(15(18,19)20)9-21(13)10-4-2-1-3-5-10/h9-10H,1-8H2. The van der Waals surface area contributed by atoms with Crippen molar-refractivity contribution in [3.63, 3.8) is 0 Å². The molecule has 118 valence electrons. The van der Waals surface area contributed by atoms with Crippen LogP contribution < -0.4 is 0 Å². The molecule has 0 spiro atoms. The zero-order valence-corrected chi connectivity index (χ0v) is 11.6. The lowest BCUT2D eigenvalue weighted by Crippen LogP contribution is -2.28. The predicted octanol–water partition coefficient (Wildman–Crippen LogP) is 5.14. The molecule has 1 fully saturated rings. The molecule has 0 aliphatic heterocycles. The van der Waals surface area contributed by atoms with Gasteiger partial charge in [0.25, 0.3) is 5.92 Å². The summed E-state index contributed by atoms with van der Waals surface area (Å²) in [7, 11) is 0. The first-order valence-electron chi connectivity index (χ1n) is 7.45. The summed E-state index contributed by atoms with van der Waals surface area (Å²) in [5.74, 6) is -3.02. The maximum Gasteiger partial charge on any atom is 0.418 e. The Morgan fingerprint density at radius 3 is 2.38 bits per heavy atom. The van der Waals surface area contributed by atoms with Crippen molar-refractivity contribution in [2.45, 2.75) is 69.5 Å². The lowest BCUT2D eigenvalue weighted by atomic mass is 9.90. The molecule has 21 heavy (non-hydrogen) atoms. The van der Waals surface area contributed by atoms with E-state index in [-0.39, 0.29) is 24.4 Å². The first-order valence-corrected chi connectivity index (χ1v) is 7.45. The van der Waals surface area contributed by atoms with Crippen LogP contribution in [0.2, 0.25) is 0 Å². The first kappa shape index (κ1) is 14.9. The third kappa shape index (κ3) is 2.81. The van der Waals surface area contributed by atoms with Crippen molar-refractivity contribution < 1.29 is 22.0 Å². The van der Waals surface area contributed by atoms with Crippen LogP contribution in [0.5, 0.6) is 0 Å². The molecule has 3 rings (SSSR count). The molecule has 0 N–H and O–H groups in total. The van der Waals surface area contributed by atoms with E-state index in [0.29, 0.717) is 5.69 Å². The van der Waals surface area contributed by atoms with Crippen molar-refractivity contribution in [1.29, 1.82) is 0 Å². The van der Waals surface area contributed by atoms with Gasteiger partial charge in [0.15, 0.2) is 0 Å². The molecule has 1 aromatic heterocycles. The lowest BCUT2D eigenvalue weighted by molar-refractivity contribution is -0.138. The van der Waals surface area contributed by atoms with E-state index >= 15 is 0 Å². The molecule has 0 radical (unpaired) electrons. The van der Waals surface area contributed by atoms with Gasteiger partial charge in [-0.3, -0.25) is 0 Å². The second-order valence-corrected chi connectivity index (χ2v) is 6.20. The molecular formula is C15H18F5N. The van der Waals surface area contributed by atoms with Crippen LogP contribution in [0.3, 0.4) is 0 Å². The minimum Gasteiger partial charge on any atom is -0.348 e. The van der Waals surface area contributed by atoms with E-state index in [1.807, 2.05) is 0 Å². The second-order valence-electron chi connectivity index (χ2n) is 6.20. The van der Waals surface area contributed by atoms with E-state index < -0.39 is 24.1 Å². The number of hydrogen-bond donors (Lipinski definition) is 0. The van der Waals surface area contributed by atoms with Crippen molar-refractivity contribution in [3.8, 4) is 0 Å². The van der Waals surface area contributed by atoms with Crippen molar-refractivity contribution in [2.24, 2.45) is 0 Å². The van der Waals surface area contributed by atoms with Gasteiger partial charge in [0, 0.05) is 30.8 Å². The van der Waals surface area contributed by atoms with E-state index in [4.69, 9.17) is 0 Å². The number of rotatable bonds is 1. The zero-order valence-electron chi connectivity index (χ0n) is 11.6. The first-order chi connectivity index (χ1) is 9.78. The maximum absolute atomic E-state index is 13.5. The normalized spacial score (nSPS) is 23.1. The number of aromatic nitrogens is 1. The molecule has 0 amide bonds. The summed E-state index contributed by atoms with van der Waals surface area (Å²) < 4.78 is 68.2. The minimum atomic E-state index is -4.56. The number of alkyl halides is 5. The van der Waals surface area contributed by atoms with Gasteiger partial charge in [0.05, 0.1) is 5.56 Å². The quantitative estimate of drug-likeness (QED) is 0.633. The maximum atomic E-state index is 13.5. The fourth-order valence-electron chi connectivity index (χ4n) is 3.66. The van der Waals surface area contributed by atoms with Gasteiger partial charge < -0.3 is 4.57 Å². The van der Waals surface area contributed by atoms with Gasteiger partial charge in [-0.25, -0.2) is 8.78 Å². The van der Waals surface area contributed by atoms with Crippen LogP contribution in [0.1, 0.15) is 61.4 Å². The smallest absolute Gasteiger partial charge is 0.348 e. The van der Waals surface area contributed by atoms with Gasteiger partial charge in [0.1, 0.15) is 0 Å². The molecule has 2 aliphatic carbocycles. The Morgan fingerprint density at radius 2 is 1.76 bits per heavy atom. The van der Waals surface area contributed by atoms with Gasteiger partial charge in [0.2, 0.25) is 0 Å². The van der Waals surface area contributed by atoms with E-state index in [1.165, 1.54) is 0 Å². The monoisotopic (exact) mass is 307 g/mol. The predicted molar refractivity (Wildman–Crippen MR) is 68.5 cm³/mol. The molecule has 0 atom stereocenters. The van der Waals surface area contributed by atoms with Gasteiger partial charge in [-0.05, 0) is 24.8 Å². The van der Waals surface area contributed by atoms with Crippen LogP contribution in [-0.4, -0.2) is 10.5 Å². The Hall–Kier alpha value is -1.07. The molecule has 1 heterocycles. The molecule has 0 unspecified atom stereocenters. The number of halogens is 5. The molecular weight excluding hydrogens is 289 g/mol. The Balaban J connectivity index is 2.04. The van der Waals surface area contributed by atoms with Crippen LogP contribution >= 0.6 is 0 Å². The Morgan fingerprint density at radius 1 is 1.10 bits per heavy atom. The Labute approximate surface area is 120 Å². The summed E-state index contributed by atoms with van der Waals surface area (Å²) in [6, 6.07) is 0.0373. The van der Waals surface area contributed by atoms with Crippen LogP contribution in [0.25, 0.3) is 0 Å². The average molecular weight is 307 g/mol. The molecule has 2 aliphatic rings. The SMILES string of the molecule is FC1(F)CCc2c(c(C(F)(F)F)cn2C2CCCCC2)C1. The third-order valence-electron chi connectivity index (χ3n) is 4.69. The summed E-state index contributed by atoms with van der Waals surface area (Å²) in [5, 5.41) is 0. The fourth-order valence-corrected chi connectivity index (χ4v) is 3.66. The average Bonchev–Trinajstić information content (AvgIpc) is 2.76. The molecule has 0 aromatic carbocycles. The van der Waals surface area contributed by atoms with E-state index in [9.17, 15) is 22.0 Å². The Bertz CT molecular complexity index is 523. The molecule has 0 bridgehead atoms. The summed E-state index contributed by atoms with van der Waals surface area (Å²) in [4.78, 5) is 0. The third-order valence-corrected chi connectivity index (χ3v) is 4.69. The van der Waals surface area contributed by atoms with Crippen molar-refractivity contribution in [3.05, 3.63) is 23.0 Å². The Kier molecular flexibility index (Phi) is 3.53. The van der Waals surface area contributed by atoms with Gasteiger partial charge in [-0.2, -0.15) is 13.2 Å². The highest BCUT2D eigenvalue weighted by molar-refractivity contribution is 5.38. The highest BCUT2D eigenvalue weighted by Crippen LogP contribution is 2.44. The molecule has 1 nitrogen and oxygen atoms in total. The summed E-state index contributed by atoms with van der Waals surface area (Å²) >= 11 is 0. The summed E-state index contributed by atoms with van der Waals surface area (Å²) in [6.07, 6.45) is 0.206. The highest BCUT2D eigenvalue weighted by Gasteiger charge is 2.44. The highest BCUT2D eigenvalue weighted by atomic mass is 19.4. The summed E-state index contributed by atoms with van der Waals surface area (Å²) in [6.45, 7) is 0. The van der Waals surface area contributed by atoms with Crippen LogP contribution in [-0.2, 0) is 19.0 Å². The largest absolute Gasteiger partial charge is 0.418 e. The van der Waals surface area contributed by atoms with Crippen molar-refractivity contribution in [1.82, 2.24) is 4.57 Å². The van der Waals surface area contributed by atoms with Crippen molar-refractivity contribution >= 4 is 0 Å². The fraction of sp³-hybridized carbons (Fsp3) is 0.733. The number of nitrogens with zero attached hydrogens (tertiary/aromatic N) is 1. The van der Waals surface area contributed by atoms with Crippen molar-refractivity contribution in [2.75, 3.05) is 0 Å². The van der Waals surface area contributed by atoms with Gasteiger partial charge in [-0.15, -0.1) is 0 Å². The van der Waals surface area contributed by atoms with E-state index in [2.05, 4.69) is 0 Å². The van der Waals surface area contributed by atoms with E-state index in [1.54, 1.807) is 4.57 Å². The van der Waals surface area contributed by atoms with E-state index in [0.717, 1.165) is 38.3 Å². The number of hydrogen-bond acceptors (Lipinski definition) is 0. The molecule has 1 aromatic rings. The lowest BCUT2D eigenvalue weighted by Gasteiger charge is -2.29. The van der Waals surface area contributed by atoms with Gasteiger partial charge >= 0.3 is 6.18 Å². The molecule has 1 saturated carbocycles. The number of fused-ring (bicyclic) bond motifs is 1. The van der Waals surface area contributed by atoms with Crippen LogP contribution in [0.4, 0.5) is 22.0 Å². The minimum absolute atomic E-state index is 0.0366. The summed E-state index contributed by atoms with van der Waals surface area (Å²) in [5.41, 5.74) is -0.549. The molecule has 6 heteroatoms. The van der Waals surface area contributed by atoms with Gasteiger partial charge in [-0.1, -0.05) is 19.3 Å². The van der Waals surface area contributed by atoms with Crippen LogP contribution in [0, 0.1) is 0 Å². The second kappa shape index (κ2) is 4.99. The topological polar surface area (TPSA) is 4.93 Å². The molecule has 0 saturated heterocycles. The van der Waals surface area contributed by atoms with Crippen LogP contribution in [0.15, 0.2) is 6.20 Å².